The van der Waals surface area contributed by atoms with E-state index in [2.05, 4.69) is 15.2 Å². The summed E-state index contributed by atoms with van der Waals surface area (Å²) in [6.07, 6.45) is -5.43. The highest BCUT2D eigenvalue weighted by atomic mass is 19.4. The molecule has 1 fully saturated rings. The SMILES string of the molecule is O=C(O)[C@H](N=C(c1ccccc1)c1ccccc1NC(=O)[C@@H]1CCCN1Cc1ccccc1)[C@H](O)c1ccccc1C(F)(F)F. The molecule has 0 spiro atoms. The van der Waals surface area contributed by atoms with Gasteiger partial charge in [0.25, 0.3) is 0 Å². The molecule has 1 amide bonds. The Morgan fingerprint density at radius 2 is 1.51 bits per heavy atom. The zero-order chi connectivity index (χ0) is 32.0. The Kier molecular flexibility index (Phi) is 9.75. The third-order valence-electron chi connectivity index (χ3n) is 7.79. The van der Waals surface area contributed by atoms with E-state index in [0.717, 1.165) is 36.7 Å². The monoisotopic (exact) mass is 615 g/mol. The van der Waals surface area contributed by atoms with Gasteiger partial charge in [-0.2, -0.15) is 13.2 Å². The molecule has 0 aromatic heterocycles. The smallest absolute Gasteiger partial charge is 0.416 e. The molecule has 232 valence electrons. The van der Waals surface area contributed by atoms with Crippen molar-refractivity contribution in [3.05, 3.63) is 137 Å². The number of aliphatic hydroxyl groups is 1. The molecule has 1 aliphatic rings. The number of aliphatic imine (C=N–C) groups is 1. The van der Waals surface area contributed by atoms with Gasteiger partial charge in [-0.1, -0.05) is 97.1 Å². The lowest BCUT2D eigenvalue weighted by Gasteiger charge is -2.25. The van der Waals surface area contributed by atoms with Crippen molar-refractivity contribution in [1.82, 2.24) is 4.90 Å². The lowest BCUT2D eigenvalue weighted by molar-refractivity contribution is -0.144. The summed E-state index contributed by atoms with van der Waals surface area (Å²) in [5.41, 5.74) is 0.586. The second kappa shape index (κ2) is 13.9. The van der Waals surface area contributed by atoms with Crippen LogP contribution in [0.1, 0.15) is 46.8 Å². The molecule has 1 heterocycles. The Morgan fingerprint density at radius 3 is 2.20 bits per heavy atom. The average molecular weight is 616 g/mol. The predicted octanol–water partition coefficient (Wildman–Crippen LogP) is 6.33. The lowest BCUT2D eigenvalue weighted by atomic mass is 9.95. The molecular weight excluding hydrogens is 583 g/mol. The van der Waals surface area contributed by atoms with E-state index in [4.69, 9.17) is 0 Å². The van der Waals surface area contributed by atoms with Crippen LogP contribution in [0.15, 0.2) is 114 Å². The minimum absolute atomic E-state index is 0.0926. The van der Waals surface area contributed by atoms with E-state index in [0.29, 0.717) is 29.8 Å². The van der Waals surface area contributed by atoms with Crippen molar-refractivity contribution in [1.29, 1.82) is 0 Å². The first-order chi connectivity index (χ1) is 21.6. The highest BCUT2D eigenvalue weighted by molar-refractivity contribution is 6.17. The molecule has 3 atom stereocenters. The van der Waals surface area contributed by atoms with Gasteiger partial charge in [-0.3, -0.25) is 14.7 Å². The lowest BCUT2D eigenvalue weighted by Crippen LogP contribution is -2.39. The standard InChI is InChI=1S/C35H32F3N3O4/c36-35(37,38)27-18-9-7-16-25(27)32(42)31(34(44)45)40-30(24-14-5-2-6-15-24)26-17-8-10-19-28(26)39-33(43)29-20-11-21-41(29)22-23-12-3-1-4-13-23/h1-10,12-19,29,31-32,42H,11,20-22H2,(H,39,43)(H,44,45)/t29-,31+,32+/m0/s1. The maximum Gasteiger partial charge on any atom is 0.416 e. The van der Waals surface area contributed by atoms with Crippen LogP contribution in [0.25, 0.3) is 0 Å². The maximum absolute atomic E-state index is 13.8. The van der Waals surface area contributed by atoms with E-state index in [1.807, 2.05) is 30.3 Å². The van der Waals surface area contributed by atoms with Crippen LogP contribution in [-0.2, 0) is 22.3 Å². The van der Waals surface area contributed by atoms with Gasteiger partial charge in [-0.15, -0.1) is 0 Å². The van der Waals surface area contributed by atoms with Crippen molar-refractivity contribution in [2.45, 2.75) is 43.8 Å². The van der Waals surface area contributed by atoms with Crippen LogP contribution in [-0.4, -0.2) is 51.3 Å². The number of nitrogens with zero attached hydrogens (tertiary/aromatic N) is 2. The number of rotatable bonds is 10. The summed E-state index contributed by atoms with van der Waals surface area (Å²) in [4.78, 5) is 32.6. The largest absolute Gasteiger partial charge is 0.480 e. The van der Waals surface area contributed by atoms with Crippen LogP contribution in [0, 0.1) is 0 Å². The van der Waals surface area contributed by atoms with E-state index in [-0.39, 0.29) is 11.6 Å². The van der Waals surface area contributed by atoms with E-state index in [1.165, 1.54) is 6.07 Å². The summed E-state index contributed by atoms with van der Waals surface area (Å²) in [6, 6.07) is 26.9. The summed E-state index contributed by atoms with van der Waals surface area (Å²) in [5, 5.41) is 24.2. The van der Waals surface area contributed by atoms with Crippen LogP contribution < -0.4 is 5.32 Å². The molecule has 4 aromatic rings. The fourth-order valence-corrected chi connectivity index (χ4v) is 5.62. The average Bonchev–Trinajstić information content (AvgIpc) is 3.50. The number of carbonyl (C=O) groups excluding carboxylic acids is 1. The summed E-state index contributed by atoms with van der Waals surface area (Å²) in [7, 11) is 0. The van der Waals surface area contributed by atoms with Gasteiger partial charge < -0.3 is 15.5 Å². The Morgan fingerprint density at radius 1 is 0.889 bits per heavy atom. The zero-order valence-corrected chi connectivity index (χ0v) is 24.2. The Bertz CT molecular complexity index is 1660. The fraction of sp³-hybridized carbons (Fsp3) is 0.229. The zero-order valence-electron chi connectivity index (χ0n) is 24.2. The van der Waals surface area contributed by atoms with E-state index >= 15 is 0 Å². The number of carboxylic acids is 1. The van der Waals surface area contributed by atoms with Gasteiger partial charge >= 0.3 is 12.1 Å². The molecule has 45 heavy (non-hydrogen) atoms. The number of hydrogen-bond acceptors (Lipinski definition) is 5. The molecule has 3 N–H and O–H groups in total. The number of aliphatic hydroxyl groups excluding tert-OH is 1. The molecule has 7 nitrogen and oxygen atoms in total. The Labute approximate surface area is 258 Å². The Balaban J connectivity index is 1.51. The second-order valence-corrected chi connectivity index (χ2v) is 10.8. The number of carboxylic acid groups (broad SMARTS) is 1. The number of likely N-dealkylation sites (tertiary alicyclic amines) is 1. The highest BCUT2D eigenvalue weighted by Crippen LogP contribution is 2.36. The molecule has 1 saturated heterocycles. The van der Waals surface area contributed by atoms with E-state index in [9.17, 15) is 33.0 Å². The van der Waals surface area contributed by atoms with Crippen molar-refractivity contribution in [3.8, 4) is 0 Å². The third-order valence-corrected chi connectivity index (χ3v) is 7.79. The number of nitrogens with one attached hydrogen (secondary N) is 1. The third kappa shape index (κ3) is 7.47. The van der Waals surface area contributed by atoms with Gasteiger partial charge in [0.2, 0.25) is 5.91 Å². The van der Waals surface area contributed by atoms with Gasteiger partial charge in [0, 0.05) is 17.7 Å². The number of carbonyl (C=O) groups is 2. The first-order valence-corrected chi connectivity index (χ1v) is 14.5. The number of para-hydroxylation sites is 1. The fourth-order valence-electron chi connectivity index (χ4n) is 5.62. The summed E-state index contributed by atoms with van der Waals surface area (Å²) in [6.45, 7) is 1.36. The van der Waals surface area contributed by atoms with Crippen LogP contribution in [0.5, 0.6) is 0 Å². The number of benzene rings is 4. The van der Waals surface area contributed by atoms with Crippen LogP contribution >= 0.6 is 0 Å². The van der Waals surface area contributed by atoms with Crippen LogP contribution in [0.4, 0.5) is 18.9 Å². The van der Waals surface area contributed by atoms with Gasteiger partial charge in [0.1, 0.15) is 6.10 Å². The minimum Gasteiger partial charge on any atom is -0.480 e. The minimum atomic E-state index is -4.82. The Hall–Kier alpha value is -4.80. The number of halogens is 3. The first kappa shape index (κ1) is 31.6. The summed E-state index contributed by atoms with van der Waals surface area (Å²) >= 11 is 0. The molecule has 4 aromatic carbocycles. The van der Waals surface area contributed by atoms with Gasteiger partial charge in [-0.05, 0) is 42.6 Å². The van der Waals surface area contributed by atoms with Crippen molar-refractivity contribution in [2.24, 2.45) is 4.99 Å². The molecule has 0 bridgehead atoms. The number of anilines is 1. The maximum atomic E-state index is 13.8. The van der Waals surface area contributed by atoms with Gasteiger partial charge in [0.15, 0.2) is 6.04 Å². The molecule has 0 radical (unpaired) electrons. The van der Waals surface area contributed by atoms with Gasteiger partial charge in [-0.25, -0.2) is 4.79 Å². The highest BCUT2D eigenvalue weighted by Gasteiger charge is 2.38. The molecular formula is C35H32F3N3O4. The van der Waals surface area contributed by atoms with Crippen molar-refractivity contribution >= 4 is 23.3 Å². The molecule has 0 saturated carbocycles. The molecule has 5 rings (SSSR count). The number of alkyl halides is 3. The molecule has 1 aliphatic heterocycles. The molecule has 0 unspecified atom stereocenters. The van der Waals surface area contributed by atoms with E-state index < -0.39 is 41.5 Å². The van der Waals surface area contributed by atoms with Crippen LogP contribution in [0.3, 0.4) is 0 Å². The normalized spacial score (nSPS) is 17.1. The quantitative estimate of drug-likeness (QED) is 0.181. The van der Waals surface area contributed by atoms with E-state index in [1.54, 1.807) is 54.6 Å². The van der Waals surface area contributed by atoms with Gasteiger partial charge in [0.05, 0.1) is 23.0 Å². The topological polar surface area (TPSA) is 102 Å². The number of aliphatic carboxylic acids is 1. The van der Waals surface area contributed by atoms with Crippen molar-refractivity contribution in [2.75, 3.05) is 11.9 Å². The first-order valence-electron chi connectivity index (χ1n) is 14.5. The molecule has 10 heteroatoms. The van der Waals surface area contributed by atoms with Crippen molar-refractivity contribution in [3.63, 3.8) is 0 Å². The number of amides is 1. The predicted molar refractivity (Wildman–Crippen MR) is 165 cm³/mol. The van der Waals surface area contributed by atoms with Crippen molar-refractivity contribution < 1.29 is 33.0 Å². The summed E-state index contributed by atoms with van der Waals surface area (Å²) in [5.74, 6) is -1.85. The number of hydrogen-bond donors (Lipinski definition) is 3. The molecule has 0 aliphatic carbocycles. The summed E-state index contributed by atoms with van der Waals surface area (Å²) < 4.78 is 41.3. The second-order valence-electron chi connectivity index (χ2n) is 10.8. The van der Waals surface area contributed by atoms with Crippen LogP contribution in [0.2, 0.25) is 0 Å².